The number of hydrogen-bond acceptors (Lipinski definition) is 4. The molecule has 4 heteroatoms. The molecule has 1 aliphatic heterocycles. The van der Waals surface area contributed by atoms with Crippen molar-refractivity contribution in [3.8, 4) is 11.5 Å². The van der Waals surface area contributed by atoms with Gasteiger partial charge in [-0.2, -0.15) is 0 Å². The van der Waals surface area contributed by atoms with E-state index in [1.54, 1.807) is 12.1 Å². The summed E-state index contributed by atoms with van der Waals surface area (Å²) in [5, 5.41) is 14.0. The normalized spacial score (nSPS) is 16.5. The first-order chi connectivity index (χ1) is 10.3. The third-order valence-corrected chi connectivity index (χ3v) is 3.71. The van der Waals surface area contributed by atoms with Crippen LogP contribution in [0.25, 0.3) is 10.9 Å². The smallest absolute Gasteiger partial charge is 0.128 e. The highest BCUT2D eigenvalue weighted by Gasteiger charge is 2.24. The van der Waals surface area contributed by atoms with Crippen LogP contribution in [-0.4, -0.2) is 16.7 Å². The molecule has 4 rings (SSSR count). The van der Waals surface area contributed by atoms with Crippen LogP contribution in [0.2, 0.25) is 0 Å². The Morgan fingerprint density at radius 1 is 1.14 bits per heavy atom. The van der Waals surface area contributed by atoms with Crippen LogP contribution in [-0.2, 0) is 0 Å². The molecule has 2 heterocycles. The summed E-state index contributed by atoms with van der Waals surface area (Å²) < 4.78 is 5.61. The van der Waals surface area contributed by atoms with Crippen molar-refractivity contribution in [3.63, 3.8) is 0 Å². The number of benzene rings is 2. The quantitative estimate of drug-likeness (QED) is 0.753. The third-order valence-electron chi connectivity index (χ3n) is 3.71. The van der Waals surface area contributed by atoms with E-state index in [4.69, 9.17) is 4.74 Å². The minimum absolute atomic E-state index is 0.0727. The van der Waals surface area contributed by atoms with E-state index in [1.165, 1.54) is 0 Å². The van der Waals surface area contributed by atoms with Crippen molar-refractivity contribution in [3.05, 3.63) is 60.3 Å². The summed E-state index contributed by atoms with van der Waals surface area (Å²) in [6.07, 6.45) is 1.83. The molecule has 2 N–H and O–H groups in total. The molecule has 0 aliphatic carbocycles. The molecule has 0 saturated carbocycles. The largest absolute Gasteiger partial charge is 0.508 e. The van der Waals surface area contributed by atoms with Gasteiger partial charge >= 0.3 is 0 Å². The van der Waals surface area contributed by atoms with Crippen molar-refractivity contribution in [2.75, 3.05) is 11.9 Å². The molecule has 104 valence electrons. The molecule has 0 bridgehead atoms. The van der Waals surface area contributed by atoms with Gasteiger partial charge in [-0.3, -0.25) is 4.98 Å². The number of nitrogens with one attached hydrogen (secondary N) is 1. The number of anilines is 1. The molecule has 3 aromatic rings. The van der Waals surface area contributed by atoms with Crippen molar-refractivity contribution in [2.45, 2.75) is 6.04 Å². The Balaban J connectivity index is 1.64. The van der Waals surface area contributed by atoms with Crippen molar-refractivity contribution in [1.29, 1.82) is 0 Å². The maximum Gasteiger partial charge on any atom is 0.128 e. The molecule has 1 atom stereocenters. The molecule has 0 spiro atoms. The number of hydrogen-bond donors (Lipinski definition) is 2. The second-order valence-corrected chi connectivity index (χ2v) is 5.15. The molecule has 0 radical (unpaired) electrons. The van der Waals surface area contributed by atoms with E-state index in [2.05, 4.69) is 16.4 Å². The van der Waals surface area contributed by atoms with E-state index < -0.39 is 0 Å². The van der Waals surface area contributed by atoms with Crippen molar-refractivity contribution in [2.24, 2.45) is 0 Å². The highest BCUT2D eigenvalue weighted by Crippen LogP contribution is 2.36. The van der Waals surface area contributed by atoms with Crippen LogP contribution < -0.4 is 10.1 Å². The average Bonchev–Trinajstić information content (AvgIpc) is 2.89. The van der Waals surface area contributed by atoms with Crippen molar-refractivity contribution < 1.29 is 9.84 Å². The number of aromatic hydroxyl groups is 1. The summed E-state index contributed by atoms with van der Waals surface area (Å²) in [4.78, 5) is 4.45. The molecule has 1 aliphatic rings. The predicted molar refractivity (Wildman–Crippen MR) is 81.7 cm³/mol. The zero-order valence-electron chi connectivity index (χ0n) is 11.3. The molecule has 0 amide bonds. The lowest BCUT2D eigenvalue weighted by atomic mass is 10.1. The summed E-state index contributed by atoms with van der Waals surface area (Å²) in [7, 11) is 0. The average molecular weight is 278 g/mol. The lowest BCUT2D eigenvalue weighted by Crippen LogP contribution is -2.12. The highest BCUT2D eigenvalue weighted by molar-refractivity contribution is 5.81. The Hall–Kier alpha value is -2.75. The maximum atomic E-state index is 9.48. The Morgan fingerprint density at radius 3 is 3.00 bits per heavy atom. The van der Waals surface area contributed by atoms with Gasteiger partial charge in [-0.15, -0.1) is 0 Å². The van der Waals surface area contributed by atoms with Crippen LogP contribution in [0.1, 0.15) is 11.6 Å². The van der Waals surface area contributed by atoms with Gasteiger partial charge in [0.25, 0.3) is 0 Å². The number of aromatic nitrogens is 1. The zero-order valence-corrected chi connectivity index (χ0v) is 11.3. The first-order valence-corrected chi connectivity index (χ1v) is 6.87. The molecular weight excluding hydrogens is 264 g/mol. The van der Waals surface area contributed by atoms with E-state index in [0.29, 0.717) is 6.61 Å². The van der Waals surface area contributed by atoms with E-state index in [1.807, 2.05) is 36.5 Å². The van der Waals surface area contributed by atoms with Crippen LogP contribution in [0.15, 0.2) is 54.7 Å². The lowest BCUT2D eigenvalue weighted by molar-refractivity contribution is 0.338. The van der Waals surface area contributed by atoms with E-state index in [-0.39, 0.29) is 11.8 Å². The summed E-state index contributed by atoms with van der Waals surface area (Å²) >= 11 is 0. The number of phenols is 1. The summed E-state index contributed by atoms with van der Waals surface area (Å²) in [5.74, 6) is 0.961. The van der Waals surface area contributed by atoms with E-state index in [0.717, 1.165) is 27.9 Å². The van der Waals surface area contributed by atoms with Gasteiger partial charge in [-0.1, -0.05) is 18.2 Å². The van der Waals surface area contributed by atoms with Crippen LogP contribution in [0.4, 0.5) is 5.69 Å². The minimum atomic E-state index is 0.0727. The van der Waals surface area contributed by atoms with Gasteiger partial charge in [0.15, 0.2) is 0 Å². The monoisotopic (exact) mass is 278 g/mol. The van der Waals surface area contributed by atoms with Gasteiger partial charge < -0.3 is 15.2 Å². The molecule has 0 fully saturated rings. The van der Waals surface area contributed by atoms with Crippen LogP contribution in [0.3, 0.4) is 0 Å². The summed E-state index contributed by atoms with van der Waals surface area (Å²) in [5.41, 5.74) is 3.00. The van der Waals surface area contributed by atoms with Gasteiger partial charge in [-0.05, 0) is 24.3 Å². The number of para-hydroxylation sites is 1. The highest BCUT2D eigenvalue weighted by atomic mass is 16.5. The van der Waals surface area contributed by atoms with Crippen LogP contribution in [0.5, 0.6) is 11.5 Å². The predicted octanol–water partition coefficient (Wildman–Crippen LogP) is 3.49. The van der Waals surface area contributed by atoms with E-state index >= 15 is 0 Å². The zero-order chi connectivity index (χ0) is 14.2. The first-order valence-electron chi connectivity index (χ1n) is 6.87. The second kappa shape index (κ2) is 4.66. The second-order valence-electron chi connectivity index (χ2n) is 5.15. The topological polar surface area (TPSA) is 54.4 Å². The standard InChI is InChI=1S/C17H14N2O2/c20-13-5-6-14-16(10-21-17(14)8-13)19-12-7-11-3-1-2-4-15(11)18-9-12/h1-9,16,19-20H,10H2. The van der Waals surface area contributed by atoms with E-state index in [9.17, 15) is 5.11 Å². The number of phenolic OH excluding ortho intramolecular Hbond substituents is 1. The number of rotatable bonds is 2. The van der Waals surface area contributed by atoms with Crippen molar-refractivity contribution >= 4 is 16.6 Å². The fraction of sp³-hybridized carbons (Fsp3) is 0.118. The van der Waals surface area contributed by atoms with Crippen LogP contribution >= 0.6 is 0 Å². The molecule has 2 aromatic carbocycles. The number of fused-ring (bicyclic) bond motifs is 2. The number of nitrogens with zero attached hydrogens (tertiary/aromatic N) is 1. The fourth-order valence-electron chi connectivity index (χ4n) is 2.67. The minimum Gasteiger partial charge on any atom is -0.508 e. The molecule has 1 aromatic heterocycles. The molecule has 1 unspecified atom stereocenters. The van der Waals surface area contributed by atoms with Crippen LogP contribution in [0, 0.1) is 0 Å². The molecule has 0 saturated heterocycles. The van der Waals surface area contributed by atoms with Gasteiger partial charge in [0.1, 0.15) is 18.1 Å². The maximum absolute atomic E-state index is 9.48. The third kappa shape index (κ3) is 2.14. The number of ether oxygens (including phenoxy) is 1. The summed E-state index contributed by atoms with van der Waals surface area (Å²) in [6, 6.07) is 15.4. The molecule has 4 nitrogen and oxygen atoms in total. The number of pyridine rings is 1. The van der Waals surface area contributed by atoms with Gasteiger partial charge in [-0.25, -0.2) is 0 Å². The fourth-order valence-corrected chi connectivity index (χ4v) is 2.67. The Labute approximate surface area is 122 Å². The lowest BCUT2D eigenvalue weighted by Gasteiger charge is -2.13. The molecular formula is C17H14N2O2. The van der Waals surface area contributed by atoms with Gasteiger partial charge in [0.2, 0.25) is 0 Å². The Kier molecular flexibility index (Phi) is 2.67. The van der Waals surface area contributed by atoms with Gasteiger partial charge in [0, 0.05) is 17.0 Å². The Morgan fingerprint density at radius 2 is 2.05 bits per heavy atom. The Bertz CT molecular complexity index is 817. The SMILES string of the molecule is Oc1ccc2c(c1)OCC2Nc1cnc2ccccc2c1. The summed E-state index contributed by atoms with van der Waals surface area (Å²) in [6.45, 7) is 0.547. The van der Waals surface area contributed by atoms with Gasteiger partial charge in [0.05, 0.1) is 23.4 Å². The molecule has 21 heavy (non-hydrogen) atoms. The first kappa shape index (κ1) is 12.0. The van der Waals surface area contributed by atoms with Crippen molar-refractivity contribution in [1.82, 2.24) is 4.98 Å².